The van der Waals surface area contributed by atoms with Gasteiger partial charge >= 0.3 is 0 Å². The predicted molar refractivity (Wildman–Crippen MR) is 191 cm³/mol. The quantitative estimate of drug-likeness (QED) is 0.200. The molecule has 4 rings (SSSR count). The van der Waals surface area contributed by atoms with Crippen LogP contribution in [0.1, 0.15) is 108 Å². The van der Waals surface area contributed by atoms with Crippen LogP contribution in [0.2, 0.25) is 36.3 Å². The lowest BCUT2D eigenvalue weighted by molar-refractivity contribution is -0.0423. The minimum Gasteiger partial charge on any atom is -0.414 e. The van der Waals surface area contributed by atoms with Crippen LogP contribution in [-0.4, -0.2) is 52.8 Å². The molecule has 0 aliphatic heterocycles. The van der Waals surface area contributed by atoms with E-state index in [1.165, 1.54) is 18.4 Å². The predicted octanol–water partition coefficient (Wildman–Crippen LogP) is 10.2. The molecule has 2 saturated carbocycles. The molecular weight excluding hydrogens is 577 g/mol. The fraction of sp³-hybridized carbons (Fsp3) is 0.842. The Morgan fingerprint density at radius 1 is 0.909 bits per heavy atom. The van der Waals surface area contributed by atoms with Crippen molar-refractivity contribution in [2.45, 2.75) is 169 Å². The minimum absolute atomic E-state index is 0.0134. The number of hydrogen-bond acceptors (Lipinski definition) is 4. The Kier molecular flexibility index (Phi) is 10.1. The van der Waals surface area contributed by atoms with Crippen molar-refractivity contribution in [2.75, 3.05) is 6.61 Å². The van der Waals surface area contributed by atoms with Gasteiger partial charge in [-0.2, -0.15) is 0 Å². The highest BCUT2D eigenvalue weighted by Gasteiger charge is 2.59. The van der Waals surface area contributed by atoms with E-state index in [2.05, 4.69) is 121 Å². The fourth-order valence-electron chi connectivity index (χ4n) is 8.17. The van der Waals surface area contributed by atoms with Gasteiger partial charge in [-0.15, -0.1) is 0 Å². The molecule has 0 saturated heterocycles. The molecule has 0 aromatic carbocycles. The van der Waals surface area contributed by atoms with Gasteiger partial charge in [0.2, 0.25) is 0 Å². The van der Waals surface area contributed by atoms with Crippen molar-refractivity contribution in [3.63, 3.8) is 0 Å². The Morgan fingerprint density at radius 3 is 2.07 bits per heavy atom. The first-order valence-electron chi connectivity index (χ1n) is 17.7. The molecule has 0 aromatic heterocycles. The summed E-state index contributed by atoms with van der Waals surface area (Å²) >= 11 is 0. The van der Waals surface area contributed by atoms with Crippen molar-refractivity contribution in [1.29, 1.82) is 0 Å². The summed E-state index contributed by atoms with van der Waals surface area (Å²) in [6.07, 6.45) is 12.9. The molecule has 252 valence electrons. The Balaban J connectivity index is 1.66. The molecule has 8 atom stereocenters. The van der Waals surface area contributed by atoms with Gasteiger partial charge in [0.1, 0.15) is 0 Å². The molecule has 2 fully saturated rings. The van der Waals surface area contributed by atoms with Crippen molar-refractivity contribution in [3.05, 3.63) is 34.9 Å². The lowest BCUT2D eigenvalue weighted by atomic mass is 9.49. The van der Waals surface area contributed by atoms with E-state index in [1.807, 2.05) is 0 Å². The van der Waals surface area contributed by atoms with Crippen molar-refractivity contribution in [1.82, 2.24) is 0 Å². The van der Waals surface area contributed by atoms with Crippen LogP contribution in [-0.2, 0) is 13.6 Å². The molecule has 1 N–H and O–H groups in total. The summed E-state index contributed by atoms with van der Waals surface area (Å²) in [5.41, 5.74) is 4.72. The average Bonchev–Trinajstić information content (AvgIpc) is 3.23. The van der Waals surface area contributed by atoms with E-state index in [9.17, 15) is 5.11 Å². The number of allylic oxidation sites excluding steroid dienone is 4. The first-order valence-corrected chi connectivity index (χ1v) is 23.5. The second-order valence-electron chi connectivity index (χ2n) is 18.7. The van der Waals surface area contributed by atoms with Crippen LogP contribution in [0.4, 0.5) is 0 Å². The van der Waals surface area contributed by atoms with Gasteiger partial charge in [0.25, 0.3) is 0 Å². The van der Waals surface area contributed by atoms with Crippen molar-refractivity contribution < 1.29 is 18.7 Å². The highest BCUT2D eigenvalue weighted by molar-refractivity contribution is 6.74. The highest BCUT2D eigenvalue weighted by atomic mass is 28.4. The summed E-state index contributed by atoms with van der Waals surface area (Å²) in [7, 11) is -3.95. The number of hydrogen-bond donors (Lipinski definition) is 1. The maximum atomic E-state index is 10.4. The third-order valence-corrected chi connectivity index (χ3v) is 22.5. The van der Waals surface area contributed by atoms with Gasteiger partial charge in [-0.25, -0.2) is 0 Å². The van der Waals surface area contributed by atoms with Crippen molar-refractivity contribution >= 4 is 16.6 Å². The van der Waals surface area contributed by atoms with Gasteiger partial charge in [-0.3, -0.25) is 0 Å². The lowest BCUT2D eigenvalue weighted by Gasteiger charge is -2.59. The Bertz CT molecular complexity index is 1150. The standard InChI is InChI=1S/C38H68O4Si2/c1-25(2)33(39)24-40-26(3)30-18-19-31-29-17-16-27-22-28(41-43(12,13)35(4,5)6)23-34(42-44(14,15)36(7,8)9)38(27,11)32(29)20-21-37(30,31)10/h16-18,25-26,28,31-34,39H,19-24H2,1-15H3/t26?,28?,31-,32-,33+,34?,37+,38-/m0/s1. The molecular formula is C38H68O4Si2. The summed E-state index contributed by atoms with van der Waals surface area (Å²) < 4.78 is 21.0. The van der Waals surface area contributed by atoms with Crippen LogP contribution >= 0.6 is 0 Å². The molecule has 0 amide bonds. The molecule has 0 spiro atoms. The van der Waals surface area contributed by atoms with E-state index < -0.39 is 22.7 Å². The van der Waals surface area contributed by atoms with E-state index in [0.717, 1.165) is 19.3 Å². The summed E-state index contributed by atoms with van der Waals surface area (Å²) in [6.45, 7) is 35.6. The first-order chi connectivity index (χ1) is 20.0. The van der Waals surface area contributed by atoms with Crippen molar-refractivity contribution in [2.24, 2.45) is 28.6 Å². The summed E-state index contributed by atoms with van der Waals surface area (Å²) in [5, 5.41) is 10.8. The van der Waals surface area contributed by atoms with Gasteiger partial charge in [0, 0.05) is 5.41 Å². The lowest BCUT2D eigenvalue weighted by Crippen LogP contribution is -2.58. The summed E-state index contributed by atoms with van der Waals surface area (Å²) in [4.78, 5) is 0. The average molecular weight is 645 g/mol. The monoisotopic (exact) mass is 644 g/mol. The third kappa shape index (κ3) is 6.48. The third-order valence-electron chi connectivity index (χ3n) is 13.5. The SMILES string of the molecule is CC(OC[C@@H](O)C(C)C)C1=CC[C@H]2C3=CC=C4CC(O[Si](C)(C)C(C)(C)C)CC(O[Si](C)(C)C(C)(C)C)[C@]4(C)[C@H]3CC[C@]12C. The van der Waals surface area contributed by atoms with Gasteiger partial charge in [0.05, 0.1) is 31.0 Å². The van der Waals surface area contributed by atoms with Crippen LogP contribution in [0.3, 0.4) is 0 Å². The Morgan fingerprint density at radius 2 is 1.50 bits per heavy atom. The normalized spacial score (nSPS) is 34.4. The molecule has 4 aliphatic rings. The van der Waals surface area contributed by atoms with Gasteiger partial charge in [-0.1, -0.05) is 98.6 Å². The fourth-order valence-corrected chi connectivity index (χ4v) is 10.9. The molecule has 44 heavy (non-hydrogen) atoms. The van der Waals surface area contributed by atoms with Crippen molar-refractivity contribution in [3.8, 4) is 0 Å². The molecule has 6 heteroatoms. The Labute approximate surface area is 273 Å². The molecule has 3 unspecified atom stereocenters. The van der Waals surface area contributed by atoms with Crippen LogP contribution in [0.5, 0.6) is 0 Å². The summed E-state index contributed by atoms with van der Waals surface area (Å²) in [5.74, 6) is 1.20. The number of rotatable bonds is 9. The topological polar surface area (TPSA) is 47.9 Å². The number of aliphatic hydroxyl groups is 1. The second-order valence-corrected chi connectivity index (χ2v) is 28.2. The maximum absolute atomic E-state index is 10.4. The summed E-state index contributed by atoms with van der Waals surface area (Å²) in [6, 6.07) is 0. The molecule has 0 heterocycles. The maximum Gasteiger partial charge on any atom is 0.192 e. The zero-order valence-electron chi connectivity index (χ0n) is 31.2. The number of aliphatic hydroxyl groups excluding tert-OH is 1. The minimum atomic E-state index is -2.03. The van der Waals surface area contributed by atoms with Gasteiger partial charge in [-0.05, 0) is 104 Å². The number of ether oxygens (including phenoxy) is 1. The van der Waals surface area contributed by atoms with Crippen LogP contribution < -0.4 is 0 Å². The second kappa shape index (κ2) is 12.2. The number of fused-ring (bicyclic) bond motifs is 5. The molecule has 0 bridgehead atoms. The molecule has 4 nitrogen and oxygen atoms in total. The zero-order valence-corrected chi connectivity index (χ0v) is 33.2. The van der Waals surface area contributed by atoms with Crippen LogP contribution in [0, 0.1) is 28.6 Å². The molecule has 0 aromatic rings. The van der Waals surface area contributed by atoms with E-state index >= 15 is 0 Å². The largest absolute Gasteiger partial charge is 0.414 e. The zero-order chi connectivity index (χ0) is 33.3. The van der Waals surface area contributed by atoms with Gasteiger partial charge < -0.3 is 18.7 Å². The molecule has 0 radical (unpaired) electrons. The smallest absolute Gasteiger partial charge is 0.192 e. The Hall–Kier alpha value is -0.506. The van der Waals surface area contributed by atoms with E-state index in [0.29, 0.717) is 18.4 Å². The van der Waals surface area contributed by atoms with E-state index in [4.69, 9.17) is 13.6 Å². The van der Waals surface area contributed by atoms with Gasteiger partial charge in [0.15, 0.2) is 16.6 Å². The van der Waals surface area contributed by atoms with Crippen LogP contribution in [0.25, 0.3) is 0 Å². The van der Waals surface area contributed by atoms with E-state index in [1.54, 1.807) is 11.1 Å². The molecule has 4 aliphatic carbocycles. The van der Waals surface area contributed by atoms with Crippen LogP contribution in [0.15, 0.2) is 34.9 Å². The first kappa shape index (κ1) is 36.3. The van der Waals surface area contributed by atoms with E-state index in [-0.39, 0.29) is 45.1 Å². The highest BCUT2D eigenvalue weighted by Crippen LogP contribution is 2.65.